The van der Waals surface area contributed by atoms with Gasteiger partial charge < -0.3 is 10.6 Å². The van der Waals surface area contributed by atoms with Crippen LogP contribution in [0, 0.1) is 0 Å². The Balaban J connectivity index is 1.44. The molecule has 2 aliphatic carbocycles. The van der Waals surface area contributed by atoms with Crippen molar-refractivity contribution in [2.24, 2.45) is 0 Å². The van der Waals surface area contributed by atoms with Crippen LogP contribution in [-0.4, -0.2) is 17.1 Å². The van der Waals surface area contributed by atoms with Crippen LogP contribution in [0.1, 0.15) is 55.7 Å². The number of hydrogen-bond acceptors (Lipinski definition) is 2. The monoisotopic (exact) mass is 259 g/mol. The van der Waals surface area contributed by atoms with E-state index >= 15 is 0 Å². The lowest BCUT2D eigenvalue weighted by Crippen LogP contribution is -2.40. The lowest BCUT2D eigenvalue weighted by atomic mass is 10.2. The highest BCUT2D eigenvalue weighted by molar-refractivity contribution is 5.74. The highest BCUT2D eigenvalue weighted by Gasteiger charge is 2.24. The minimum absolute atomic E-state index is 0.0573. The van der Waals surface area contributed by atoms with Gasteiger partial charge in [-0.3, -0.25) is 4.98 Å². The van der Waals surface area contributed by atoms with E-state index in [0.717, 1.165) is 18.4 Å². The third kappa shape index (κ3) is 3.46. The quantitative estimate of drug-likeness (QED) is 0.873. The average molecular weight is 259 g/mol. The summed E-state index contributed by atoms with van der Waals surface area (Å²) in [6, 6.07) is 4.47. The molecule has 4 heteroatoms. The molecule has 2 aliphatic rings. The van der Waals surface area contributed by atoms with Crippen LogP contribution >= 0.6 is 0 Å². The van der Waals surface area contributed by atoms with Crippen LogP contribution in [0.5, 0.6) is 0 Å². The number of hydrogen-bond donors (Lipinski definition) is 2. The number of urea groups is 1. The minimum Gasteiger partial charge on any atom is -0.335 e. The second-order valence-electron chi connectivity index (χ2n) is 5.67. The van der Waals surface area contributed by atoms with Crippen LogP contribution in [0.25, 0.3) is 0 Å². The molecule has 0 radical (unpaired) electrons. The van der Waals surface area contributed by atoms with E-state index in [1.165, 1.54) is 31.4 Å². The maximum atomic E-state index is 11.7. The van der Waals surface area contributed by atoms with Gasteiger partial charge in [-0.1, -0.05) is 18.9 Å². The van der Waals surface area contributed by atoms with Crippen molar-refractivity contribution in [1.29, 1.82) is 0 Å². The molecule has 2 amide bonds. The van der Waals surface area contributed by atoms with Crippen molar-refractivity contribution in [1.82, 2.24) is 15.6 Å². The van der Waals surface area contributed by atoms with Crippen LogP contribution in [0.2, 0.25) is 0 Å². The summed E-state index contributed by atoms with van der Waals surface area (Å²) in [6.07, 6.45) is 9.12. The summed E-state index contributed by atoms with van der Waals surface area (Å²) < 4.78 is 0. The van der Waals surface area contributed by atoms with Crippen LogP contribution in [0.3, 0.4) is 0 Å². The Hall–Kier alpha value is -1.58. The SMILES string of the molecule is O=C(NCc1ccc(C2CC2)nc1)NC1CCCC1. The van der Waals surface area contributed by atoms with E-state index in [-0.39, 0.29) is 6.03 Å². The number of carbonyl (C=O) groups excluding carboxylic acids is 1. The lowest BCUT2D eigenvalue weighted by Gasteiger charge is -2.12. The molecule has 0 aliphatic heterocycles. The maximum Gasteiger partial charge on any atom is 0.315 e. The topological polar surface area (TPSA) is 54.0 Å². The van der Waals surface area contributed by atoms with Gasteiger partial charge in [-0.25, -0.2) is 4.79 Å². The number of pyridine rings is 1. The first-order chi connectivity index (χ1) is 9.31. The van der Waals surface area contributed by atoms with Crippen LogP contribution < -0.4 is 10.6 Å². The molecule has 2 saturated carbocycles. The van der Waals surface area contributed by atoms with Crippen molar-refractivity contribution in [3.63, 3.8) is 0 Å². The standard InChI is InChI=1S/C15H21N3O/c19-15(18-13-3-1-2-4-13)17-10-11-5-8-14(16-9-11)12-6-7-12/h5,8-9,12-13H,1-4,6-7,10H2,(H2,17,18,19). The molecule has 0 spiro atoms. The Bertz CT molecular complexity index is 433. The first-order valence-corrected chi connectivity index (χ1v) is 7.30. The van der Waals surface area contributed by atoms with Gasteiger partial charge in [0.15, 0.2) is 0 Å². The van der Waals surface area contributed by atoms with Gasteiger partial charge in [0.1, 0.15) is 0 Å². The molecule has 2 fully saturated rings. The number of rotatable bonds is 4. The van der Waals surface area contributed by atoms with Gasteiger partial charge in [0.2, 0.25) is 0 Å². The summed E-state index contributed by atoms with van der Waals surface area (Å²) in [6.45, 7) is 0.552. The molecule has 0 saturated heterocycles. The molecule has 102 valence electrons. The summed E-state index contributed by atoms with van der Waals surface area (Å²) in [5.41, 5.74) is 2.25. The Kier molecular flexibility index (Phi) is 3.67. The van der Waals surface area contributed by atoms with Gasteiger partial charge in [0, 0.05) is 30.4 Å². The summed E-state index contributed by atoms with van der Waals surface area (Å²) in [5, 5.41) is 5.92. The van der Waals surface area contributed by atoms with Gasteiger partial charge in [0.25, 0.3) is 0 Å². The molecule has 0 unspecified atom stereocenters. The van der Waals surface area contributed by atoms with E-state index in [1.54, 1.807) is 0 Å². The van der Waals surface area contributed by atoms with Crippen molar-refractivity contribution >= 4 is 6.03 Å². The van der Waals surface area contributed by atoms with Crippen molar-refractivity contribution < 1.29 is 4.79 Å². The summed E-state index contributed by atoms with van der Waals surface area (Å²) >= 11 is 0. The molecule has 1 aromatic rings. The van der Waals surface area contributed by atoms with Crippen LogP contribution in [-0.2, 0) is 6.54 Å². The molecule has 19 heavy (non-hydrogen) atoms. The smallest absolute Gasteiger partial charge is 0.315 e. The van der Waals surface area contributed by atoms with Crippen molar-refractivity contribution in [2.45, 2.75) is 57.0 Å². The first-order valence-electron chi connectivity index (χ1n) is 7.30. The largest absolute Gasteiger partial charge is 0.335 e. The molecule has 4 nitrogen and oxygen atoms in total. The molecule has 2 N–H and O–H groups in total. The summed E-state index contributed by atoms with van der Waals surface area (Å²) in [4.78, 5) is 16.2. The van der Waals surface area contributed by atoms with Gasteiger partial charge in [-0.05, 0) is 37.3 Å². The van der Waals surface area contributed by atoms with Crippen molar-refractivity contribution in [3.05, 3.63) is 29.6 Å². The number of amides is 2. The highest BCUT2D eigenvalue weighted by atomic mass is 16.2. The number of aromatic nitrogens is 1. The lowest BCUT2D eigenvalue weighted by molar-refractivity contribution is 0.236. The van der Waals surface area contributed by atoms with Crippen LogP contribution in [0.4, 0.5) is 4.79 Å². The predicted molar refractivity (Wildman–Crippen MR) is 73.8 cm³/mol. The van der Waals surface area contributed by atoms with Gasteiger partial charge >= 0.3 is 6.03 Å². The van der Waals surface area contributed by atoms with E-state index in [1.807, 2.05) is 6.20 Å². The zero-order valence-electron chi connectivity index (χ0n) is 11.2. The molecule has 0 aromatic carbocycles. The summed E-state index contributed by atoms with van der Waals surface area (Å²) in [7, 11) is 0. The first kappa shape index (κ1) is 12.5. The molecule has 1 aromatic heterocycles. The van der Waals surface area contributed by atoms with Crippen molar-refractivity contribution in [3.8, 4) is 0 Å². The molecular weight excluding hydrogens is 238 g/mol. The molecule has 1 heterocycles. The van der Waals surface area contributed by atoms with Crippen molar-refractivity contribution in [2.75, 3.05) is 0 Å². The average Bonchev–Trinajstić information content (AvgIpc) is 3.16. The molecule has 3 rings (SSSR count). The zero-order chi connectivity index (χ0) is 13.1. The maximum absolute atomic E-state index is 11.7. The molecule has 0 bridgehead atoms. The third-order valence-electron chi connectivity index (χ3n) is 3.99. The van der Waals surface area contributed by atoms with Gasteiger partial charge in [0.05, 0.1) is 0 Å². The van der Waals surface area contributed by atoms with Gasteiger partial charge in [-0.15, -0.1) is 0 Å². The van der Waals surface area contributed by atoms with E-state index in [0.29, 0.717) is 18.5 Å². The fourth-order valence-electron chi connectivity index (χ4n) is 2.65. The second-order valence-corrected chi connectivity index (χ2v) is 5.67. The van der Waals surface area contributed by atoms with E-state index in [2.05, 4.69) is 27.8 Å². The number of nitrogens with zero attached hydrogens (tertiary/aromatic N) is 1. The fourth-order valence-corrected chi connectivity index (χ4v) is 2.65. The Morgan fingerprint density at radius 3 is 2.63 bits per heavy atom. The Morgan fingerprint density at radius 1 is 1.21 bits per heavy atom. The third-order valence-corrected chi connectivity index (χ3v) is 3.99. The van der Waals surface area contributed by atoms with E-state index in [4.69, 9.17) is 0 Å². The number of carbonyl (C=O) groups is 1. The minimum atomic E-state index is -0.0573. The zero-order valence-corrected chi connectivity index (χ0v) is 11.2. The highest BCUT2D eigenvalue weighted by Crippen LogP contribution is 2.38. The van der Waals surface area contributed by atoms with Gasteiger partial charge in [-0.2, -0.15) is 0 Å². The van der Waals surface area contributed by atoms with Crippen LogP contribution in [0.15, 0.2) is 18.3 Å². The second kappa shape index (κ2) is 5.59. The Morgan fingerprint density at radius 2 is 2.00 bits per heavy atom. The summed E-state index contributed by atoms with van der Waals surface area (Å²) in [5.74, 6) is 0.688. The normalized spacial score (nSPS) is 19.4. The van der Waals surface area contributed by atoms with E-state index < -0.39 is 0 Å². The van der Waals surface area contributed by atoms with E-state index in [9.17, 15) is 4.79 Å². The number of nitrogens with one attached hydrogen (secondary N) is 2. The molecular formula is C15H21N3O. The fraction of sp³-hybridized carbons (Fsp3) is 0.600. The Labute approximate surface area is 114 Å². The molecule has 0 atom stereocenters. The predicted octanol–water partition coefficient (Wildman–Crippen LogP) is 2.70.